The molecule has 0 amide bonds. The van der Waals surface area contributed by atoms with Gasteiger partial charge < -0.3 is 9.84 Å². The van der Waals surface area contributed by atoms with Gasteiger partial charge >= 0.3 is 0 Å². The van der Waals surface area contributed by atoms with Crippen LogP contribution in [0.4, 0.5) is 5.95 Å². The van der Waals surface area contributed by atoms with Crippen molar-refractivity contribution in [1.82, 2.24) is 10.1 Å². The average molecular weight is 201 g/mol. The fourth-order valence-corrected chi connectivity index (χ4v) is 1.16. The topological polar surface area (TPSA) is 51.0 Å². The van der Waals surface area contributed by atoms with Crippen molar-refractivity contribution in [2.24, 2.45) is 0 Å². The highest BCUT2D eigenvalue weighted by molar-refractivity contribution is 5.53. The van der Waals surface area contributed by atoms with Gasteiger partial charge in [0.2, 0.25) is 0 Å². The minimum atomic E-state index is 0.480. The lowest BCUT2D eigenvalue weighted by Gasteiger charge is -1.92. The van der Waals surface area contributed by atoms with Crippen molar-refractivity contribution in [3.8, 4) is 11.5 Å². The minimum absolute atomic E-state index is 0.480. The number of hydrogen-bond donors (Lipinski definition) is 1. The van der Waals surface area contributed by atoms with E-state index in [9.17, 15) is 0 Å². The van der Waals surface area contributed by atoms with Crippen LogP contribution >= 0.6 is 0 Å². The van der Waals surface area contributed by atoms with Gasteiger partial charge in [-0.3, -0.25) is 0 Å². The Bertz CT molecular complexity index is 436. The first kappa shape index (κ1) is 9.45. The second kappa shape index (κ2) is 4.41. The van der Waals surface area contributed by atoms with Crippen molar-refractivity contribution in [3.05, 3.63) is 43.0 Å². The predicted molar refractivity (Wildman–Crippen MR) is 58.4 cm³/mol. The zero-order chi connectivity index (χ0) is 10.5. The lowest BCUT2D eigenvalue weighted by Crippen LogP contribution is -1.98. The molecule has 4 heteroatoms. The fourth-order valence-electron chi connectivity index (χ4n) is 1.16. The Hall–Kier alpha value is -2.10. The first-order valence-corrected chi connectivity index (χ1v) is 4.64. The Morgan fingerprint density at radius 2 is 2.13 bits per heavy atom. The van der Waals surface area contributed by atoms with Gasteiger partial charge in [-0.15, -0.1) is 6.58 Å². The molecular weight excluding hydrogens is 190 g/mol. The Labute approximate surface area is 87.6 Å². The number of anilines is 1. The van der Waals surface area contributed by atoms with Crippen LogP contribution in [0.25, 0.3) is 11.5 Å². The predicted octanol–water partition coefficient (Wildman–Crippen LogP) is 2.33. The summed E-state index contributed by atoms with van der Waals surface area (Å²) in [6.45, 7) is 4.21. The molecule has 15 heavy (non-hydrogen) atoms. The van der Waals surface area contributed by atoms with Gasteiger partial charge in [-0.25, -0.2) is 0 Å². The summed E-state index contributed by atoms with van der Waals surface area (Å²) >= 11 is 0. The van der Waals surface area contributed by atoms with Crippen molar-refractivity contribution in [3.63, 3.8) is 0 Å². The van der Waals surface area contributed by atoms with Crippen LogP contribution in [-0.4, -0.2) is 16.7 Å². The second-order valence-electron chi connectivity index (χ2n) is 2.96. The lowest BCUT2D eigenvalue weighted by atomic mass is 10.2. The van der Waals surface area contributed by atoms with Gasteiger partial charge in [0.15, 0.2) is 0 Å². The van der Waals surface area contributed by atoms with Gasteiger partial charge in [-0.1, -0.05) is 24.3 Å². The van der Waals surface area contributed by atoms with E-state index in [1.54, 1.807) is 6.08 Å². The Balaban J connectivity index is 2.17. The molecule has 0 fully saturated rings. The van der Waals surface area contributed by atoms with Crippen LogP contribution in [0.1, 0.15) is 0 Å². The first-order chi connectivity index (χ1) is 7.40. The van der Waals surface area contributed by atoms with Crippen LogP contribution in [0.15, 0.2) is 47.5 Å². The van der Waals surface area contributed by atoms with Gasteiger partial charge in [0.25, 0.3) is 11.8 Å². The third-order valence-corrected chi connectivity index (χ3v) is 1.85. The number of benzene rings is 1. The Kier molecular flexibility index (Phi) is 2.78. The summed E-state index contributed by atoms with van der Waals surface area (Å²) in [5.74, 6) is 0.996. The molecule has 0 saturated carbocycles. The molecule has 0 aliphatic rings. The van der Waals surface area contributed by atoms with E-state index in [4.69, 9.17) is 4.52 Å². The molecule has 0 saturated heterocycles. The normalized spacial score (nSPS) is 9.87. The molecule has 1 heterocycles. The summed E-state index contributed by atoms with van der Waals surface area (Å²) in [7, 11) is 0. The standard InChI is InChI=1S/C11H11N3O/c1-2-8-12-11-13-10(15-14-11)9-6-4-3-5-7-9/h2-7H,1,8H2,(H,12,14). The van der Waals surface area contributed by atoms with E-state index in [0.717, 1.165) is 5.56 Å². The molecule has 76 valence electrons. The van der Waals surface area contributed by atoms with Gasteiger partial charge in [0.05, 0.1) is 0 Å². The maximum atomic E-state index is 5.09. The smallest absolute Gasteiger partial charge is 0.263 e. The van der Waals surface area contributed by atoms with Crippen LogP contribution < -0.4 is 5.32 Å². The fraction of sp³-hybridized carbons (Fsp3) is 0.0909. The van der Waals surface area contributed by atoms with Gasteiger partial charge in [-0.05, 0) is 17.3 Å². The summed E-state index contributed by atoms with van der Waals surface area (Å²) in [4.78, 5) is 4.18. The van der Waals surface area contributed by atoms with Crippen LogP contribution in [0.2, 0.25) is 0 Å². The van der Waals surface area contributed by atoms with E-state index in [0.29, 0.717) is 18.4 Å². The molecule has 2 aromatic rings. The van der Waals surface area contributed by atoms with Gasteiger partial charge in [-0.2, -0.15) is 4.98 Å². The Morgan fingerprint density at radius 1 is 1.33 bits per heavy atom. The van der Waals surface area contributed by atoms with Crippen molar-refractivity contribution < 1.29 is 4.52 Å². The summed E-state index contributed by atoms with van der Waals surface area (Å²) in [5, 5.41) is 6.74. The van der Waals surface area contributed by atoms with Gasteiger partial charge in [0, 0.05) is 12.1 Å². The minimum Gasteiger partial charge on any atom is -0.348 e. The zero-order valence-corrected chi connectivity index (χ0v) is 8.18. The van der Waals surface area contributed by atoms with Crippen molar-refractivity contribution in [2.75, 3.05) is 11.9 Å². The molecule has 4 nitrogen and oxygen atoms in total. The highest BCUT2D eigenvalue weighted by Crippen LogP contribution is 2.17. The largest absolute Gasteiger partial charge is 0.348 e. The molecule has 1 aromatic carbocycles. The molecule has 0 atom stereocenters. The summed E-state index contributed by atoms with van der Waals surface area (Å²) in [6.07, 6.45) is 1.73. The molecule has 0 unspecified atom stereocenters. The third kappa shape index (κ3) is 2.22. The summed E-state index contributed by atoms with van der Waals surface area (Å²) < 4.78 is 5.09. The zero-order valence-electron chi connectivity index (χ0n) is 8.18. The van der Waals surface area contributed by atoms with Crippen LogP contribution in [0.3, 0.4) is 0 Å². The molecule has 1 aromatic heterocycles. The number of rotatable bonds is 4. The van der Waals surface area contributed by atoms with E-state index in [2.05, 4.69) is 22.0 Å². The molecule has 0 radical (unpaired) electrons. The Morgan fingerprint density at radius 3 is 2.87 bits per heavy atom. The lowest BCUT2D eigenvalue weighted by molar-refractivity contribution is 0.432. The number of nitrogens with zero attached hydrogens (tertiary/aromatic N) is 2. The number of nitrogens with one attached hydrogen (secondary N) is 1. The highest BCUT2D eigenvalue weighted by atomic mass is 16.5. The molecule has 1 N–H and O–H groups in total. The summed E-state index contributed by atoms with van der Waals surface area (Å²) in [6, 6.07) is 9.64. The molecule has 0 aliphatic heterocycles. The SMILES string of the molecule is C=CCNc1noc(-c2ccccc2)n1. The maximum absolute atomic E-state index is 5.09. The van der Waals surface area contributed by atoms with E-state index in [-0.39, 0.29) is 0 Å². The quantitative estimate of drug-likeness (QED) is 0.771. The molecule has 0 spiro atoms. The van der Waals surface area contributed by atoms with Crippen molar-refractivity contribution in [2.45, 2.75) is 0 Å². The summed E-state index contributed by atoms with van der Waals surface area (Å²) in [5.41, 5.74) is 0.914. The second-order valence-corrected chi connectivity index (χ2v) is 2.96. The van der Waals surface area contributed by atoms with Crippen LogP contribution in [0, 0.1) is 0 Å². The average Bonchev–Trinajstić information content (AvgIpc) is 2.76. The van der Waals surface area contributed by atoms with E-state index in [1.165, 1.54) is 0 Å². The highest BCUT2D eigenvalue weighted by Gasteiger charge is 2.06. The molecule has 0 bridgehead atoms. The van der Waals surface area contributed by atoms with E-state index in [1.807, 2.05) is 30.3 Å². The molecule has 0 aliphatic carbocycles. The van der Waals surface area contributed by atoms with Crippen LogP contribution in [0.5, 0.6) is 0 Å². The molecule has 2 rings (SSSR count). The monoisotopic (exact) mass is 201 g/mol. The number of aromatic nitrogens is 2. The van der Waals surface area contributed by atoms with Crippen molar-refractivity contribution >= 4 is 5.95 Å². The number of hydrogen-bond acceptors (Lipinski definition) is 4. The van der Waals surface area contributed by atoms with Crippen LogP contribution in [-0.2, 0) is 0 Å². The van der Waals surface area contributed by atoms with Crippen molar-refractivity contribution in [1.29, 1.82) is 0 Å². The third-order valence-electron chi connectivity index (χ3n) is 1.85. The first-order valence-electron chi connectivity index (χ1n) is 4.64. The van der Waals surface area contributed by atoms with E-state index < -0.39 is 0 Å². The molecular formula is C11H11N3O. The van der Waals surface area contributed by atoms with Gasteiger partial charge in [0.1, 0.15) is 0 Å². The van der Waals surface area contributed by atoms with E-state index >= 15 is 0 Å². The maximum Gasteiger partial charge on any atom is 0.263 e.